The maximum absolute atomic E-state index is 2.50. The summed E-state index contributed by atoms with van der Waals surface area (Å²) in [4.78, 5) is 4.87. The van der Waals surface area contributed by atoms with Crippen LogP contribution in [0.5, 0.6) is 0 Å². The van der Waals surface area contributed by atoms with Gasteiger partial charge in [0.25, 0.3) is 0 Å². The molecule has 3 nitrogen and oxygen atoms in total. The van der Waals surface area contributed by atoms with Gasteiger partial charge in [0.15, 0.2) is 0 Å². The van der Waals surface area contributed by atoms with Crippen molar-refractivity contribution in [2.75, 3.05) is 9.80 Å². The lowest BCUT2D eigenvalue weighted by atomic mass is 9.70. The molecule has 0 aliphatic heterocycles. The molecule has 0 fully saturated rings. The summed E-state index contributed by atoms with van der Waals surface area (Å²) in [5.74, 6) is 0. The summed E-state index contributed by atoms with van der Waals surface area (Å²) < 4.78 is 2.41. The summed E-state index contributed by atoms with van der Waals surface area (Å²) in [5.41, 5.74) is 19.9. The van der Waals surface area contributed by atoms with E-state index in [1.54, 1.807) is 0 Å². The van der Waals surface area contributed by atoms with Gasteiger partial charge in [-0.05, 0) is 136 Å². The standard InChI is InChI=1S/C61H41N3/c1-5-20-42(21-6-1)62(43-22-7-2-8-23-43)46-36-38-50-48-28-13-16-31-53(48)61(55(50)40-46)54-32-17-14-29-49(54)51-39-37-47(41-56(51)61)63(44-24-9-3-10-25-44)58-34-19-35-59-60(58)52-30-15-18-33-57(52)64(59)45-26-11-4-12-27-45/h1-41H. The Hall–Kier alpha value is -8.40. The SMILES string of the molecule is c1ccc(N(c2ccccc2)c2ccc3c(c2)C2(c4ccccc4-3)c3ccccc3-c3ccc(N(c4ccccc4)c4cccc5c4c4ccccc4n5-c4ccccc4)cc32)cc1. The van der Waals surface area contributed by atoms with Gasteiger partial charge < -0.3 is 14.4 Å². The van der Waals surface area contributed by atoms with Crippen molar-refractivity contribution in [2.24, 2.45) is 0 Å². The molecule has 0 radical (unpaired) electrons. The molecule has 0 bridgehead atoms. The van der Waals surface area contributed by atoms with Crippen molar-refractivity contribution in [3.05, 3.63) is 271 Å². The molecule has 1 unspecified atom stereocenters. The molecule has 0 amide bonds. The van der Waals surface area contributed by atoms with Crippen molar-refractivity contribution in [1.82, 2.24) is 4.57 Å². The first-order valence-corrected chi connectivity index (χ1v) is 22.1. The fourth-order valence-electron chi connectivity index (χ4n) is 11.0. The minimum atomic E-state index is -0.569. The Balaban J connectivity index is 1.08. The van der Waals surface area contributed by atoms with Crippen LogP contribution in [0.2, 0.25) is 0 Å². The van der Waals surface area contributed by atoms with Gasteiger partial charge in [0.05, 0.1) is 22.1 Å². The molecule has 0 saturated heterocycles. The smallest absolute Gasteiger partial charge is 0.0727 e. The highest BCUT2D eigenvalue weighted by Gasteiger charge is 2.52. The van der Waals surface area contributed by atoms with Crippen LogP contribution < -0.4 is 9.80 Å². The van der Waals surface area contributed by atoms with E-state index < -0.39 is 5.41 Å². The highest BCUT2D eigenvalue weighted by Crippen LogP contribution is 2.64. The van der Waals surface area contributed by atoms with E-state index >= 15 is 0 Å². The van der Waals surface area contributed by atoms with Crippen LogP contribution >= 0.6 is 0 Å². The minimum Gasteiger partial charge on any atom is -0.310 e. The first-order valence-electron chi connectivity index (χ1n) is 22.1. The molecule has 2 aliphatic carbocycles. The van der Waals surface area contributed by atoms with Crippen LogP contribution in [0.4, 0.5) is 34.1 Å². The van der Waals surface area contributed by atoms with Gasteiger partial charge in [-0.25, -0.2) is 0 Å². The van der Waals surface area contributed by atoms with E-state index in [1.807, 2.05) is 0 Å². The summed E-state index contributed by atoms with van der Waals surface area (Å²) in [5, 5.41) is 2.43. The van der Waals surface area contributed by atoms with E-state index in [0.29, 0.717) is 0 Å². The first-order chi connectivity index (χ1) is 31.8. The van der Waals surface area contributed by atoms with Crippen LogP contribution in [0.3, 0.4) is 0 Å². The van der Waals surface area contributed by atoms with Crippen LogP contribution in [0.1, 0.15) is 22.3 Å². The van der Waals surface area contributed by atoms with Crippen molar-refractivity contribution in [3.8, 4) is 27.9 Å². The van der Waals surface area contributed by atoms with E-state index in [-0.39, 0.29) is 0 Å². The Morgan fingerprint density at radius 1 is 0.297 bits per heavy atom. The van der Waals surface area contributed by atoms with Crippen molar-refractivity contribution in [2.45, 2.75) is 5.41 Å². The van der Waals surface area contributed by atoms with Gasteiger partial charge in [-0.15, -0.1) is 0 Å². The highest BCUT2D eigenvalue weighted by molar-refractivity contribution is 6.16. The van der Waals surface area contributed by atoms with E-state index in [4.69, 9.17) is 0 Å². The van der Waals surface area contributed by atoms with E-state index in [2.05, 4.69) is 263 Å². The van der Waals surface area contributed by atoms with E-state index in [9.17, 15) is 0 Å². The molecular weight excluding hydrogens is 775 g/mol. The number of nitrogens with zero attached hydrogens (tertiary/aromatic N) is 3. The average Bonchev–Trinajstić information content (AvgIpc) is 3.97. The van der Waals surface area contributed by atoms with E-state index in [0.717, 1.165) is 39.8 Å². The maximum atomic E-state index is 2.50. The fourth-order valence-corrected chi connectivity index (χ4v) is 11.0. The monoisotopic (exact) mass is 815 g/mol. The lowest BCUT2D eigenvalue weighted by Gasteiger charge is -2.33. The van der Waals surface area contributed by atoms with Gasteiger partial charge in [-0.3, -0.25) is 0 Å². The number of anilines is 6. The third-order valence-electron chi connectivity index (χ3n) is 13.5. The summed E-state index contributed by atoms with van der Waals surface area (Å²) in [6.45, 7) is 0. The van der Waals surface area contributed by atoms with Crippen molar-refractivity contribution in [3.63, 3.8) is 0 Å². The zero-order valence-corrected chi connectivity index (χ0v) is 35.0. The van der Waals surface area contributed by atoms with Crippen LogP contribution in [0.15, 0.2) is 249 Å². The number of hydrogen-bond acceptors (Lipinski definition) is 2. The van der Waals surface area contributed by atoms with Gasteiger partial charge in [0, 0.05) is 44.9 Å². The molecule has 0 N–H and O–H groups in total. The fraction of sp³-hybridized carbons (Fsp3) is 0.0164. The minimum absolute atomic E-state index is 0.569. The van der Waals surface area contributed by atoms with Crippen molar-refractivity contribution >= 4 is 55.9 Å². The van der Waals surface area contributed by atoms with Crippen molar-refractivity contribution in [1.29, 1.82) is 0 Å². The molecule has 13 rings (SSSR count). The second-order valence-electron chi connectivity index (χ2n) is 16.8. The number of rotatable bonds is 7. The summed E-state index contributed by atoms with van der Waals surface area (Å²) in [6, 6.07) is 91.3. The molecule has 64 heavy (non-hydrogen) atoms. The Labute approximate surface area is 373 Å². The molecular formula is C61H41N3. The number of benzene rings is 10. The topological polar surface area (TPSA) is 11.4 Å². The quantitative estimate of drug-likeness (QED) is 0.159. The second kappa shape index (κ2) is 14.3. The number of hydrogen-bond donors (Lipinski definition) is 0. The average molecular weight is 816 g/mol. The Kier molecular flexibility index (Phi) is 8.13. The number of para-hydroxylation sites is 5. The maximum Gasteiger partial charge on any atom is 0.0727 e. The van der Waals surface area contributed by atoms with Crippen LogP contribution in [-0.2, 0) is 5.41 Å². The predicted molar refractivity (Wildman–Crippen MR) is 266 cm³/mol. The lowest BCUT2D eigenvalue weighted by molar-refractivity contribution is 0.793. The van der Waals surface area contributed by atoms with Crippen molar-refractivity contribution < 1.29 is 0 Å². The Bertz CT molecular complexity index is 3510. The molecule has 1 aromatic heterocycles. The normalized spacial score (nSPS) is 14.3. The van der Waals surface area contributed by atoms with Gasteiger partial charge in [0.1, 0.15) is 0 Å². The van der Waals surface area contributed by atoms with Gasteiger partial charge in [-0.2, -0.15) is 0 Å². The van der Waals surface area contributed by atoms with E-state index in [1.165, 1.54) is 66.3 Å². The lowest BCUT2D eigenvalue weighted by Crippen LogP contribution is -2.26. The number of fused-ring (bicyclic) bond motifs is 13. The molecule has 300 valence electrons. The summed E-state index contributed by atoms with van der Waals surface area (Å²) in [7, 11) is 0. The number of aromatic nitrogens is 1. The van der Waals surface area contributed by atoms with Gasteiger partial charge in [-0.1, -0.05) is 158 Å². The van der Waals surface area contributed by atoms with Crippen LogP contribution in [-0.4, -0.2) is 4.57 Å². The molecule has 11 aromatic rings. The zero-order valence-electron chi connectivity index (χ0n) is 35.0. The largest absolute Gasteiger partial charge is 0.310 e. The summed E-state index contributed by atoms with van der Waals surface area (Å²) in [6.07, 6.45) is 0. The van der Waals surface area contributed by atoms with Crippen LogP contribution in [0, 0.1) is 0 Å². The Morgan fingerprint density at radius 3 is 1.31 bits per heavy atom. The molecule has 1 heterocycles. The van der Waals surface area contributed by atoms with Gasteiger partial charge >= 0.3 is 0 Å². The highest BCUT2D eigenvalue weighted by atomic mass is 15.2. The second-order valence-corrected chi connectivity index (χ2v) is 16.8. The Morgan fingerprint density at radius 2 is 0.734 bits per heavy atom. The molecule has 0 saturated carbocycles. The molecule has 1 atom stereocenters. The zero-order chi connectivity index (χ0) is 42.2. The molecule has 1 spiro atoms. The van der Waals surface area contributed by atoms with Gasteiger partial charge in [0.2, 0.25) is 0 Å². The molecule has 3 heteroatoms. The third-order valence-corrected chi connectivity index (χ3v) is 13.5. The third kappa shape index (κ3) is 5.22. The van der Waals surface area contributed by atoms with Crippen LogP contribution in [0.25, 0.3) is 49.7 Å². The predicted octanol–water partition coefficient (Wildman–Crippen LogP) is 16.1. The first kappa shape index (κ1) is 36.3. The molecule has 10 aromatic carbocycles. The molecule has 2 aliphatic rings. The summed E-state index contributed by atoms with van der Waals surface area (Å²) >= 11 is 0.